The van der Waals surface area contributed by atoms with Gasteiger partial charge in [0.1, 0.15) is 0 Å². The molecule has 0 aromatic carbocycles. The van der Waals surface area contributed by atoms with Gasteiger partial charge >= 0.3 is 0 Å². The molecule has 0 amide bonds. The normalized spacial score (nSPS) is 17.0. The van der Waals surface area contributed by atoms with Crippen molar-refractivity contribution in [2.75, 3.05) is 6.54 Å². The first-order valence-electron chi connectivity index (χ1n) is 3.78. The number of nitrogens with zero attached hydrogens (tertiary/aromatic N) is 1. The molecule has 1 unspecified atom stereocenters. The molecule has 0 aliphatic carbocycles. The summed E-state index contributed by atoms with van der Waals surface area (Å²) in [6, 6.07) is 0. The molecular weight excluding hydrogens is 276 g/mol. The van der Waals surface area contributed by atoms with Crippen LogP contribution < -0.4 is 0 Å². The molecule has 0 aromatic rings. The summed E-state index contributed by atoms with van der Waals surface area (Å²) in [6.45, 7) is 8.33. The molecule has 0 aliphatic rings. The van der Waals surface area contributed by atoms with E-state index in [4.69, 9.17) is 0 Å². The average Bonchev–Trinajstić information content (AvgIpc) is 1.89. The van der Waals surface area contributed by atoms with Crippen molar-refractivity contribution in [2.24, 2.45) is 4.99 Å². The number of hydrogen-bond acceptors (Lipinski definition) is 2. The SMILES string of the molecule is CCN=C(C)C(C)(O)CC.[Sm]. The third kappa shape index (κ3) is 5.25. The molecule has 1 atom stereocenters. The summed E-state index contributed by atoms with van der Waals surface area (Å²) in [5.41, 5.74) is 0.133. The Morgan fingerprint density at radius 1 is 1.45 bits per heavy atom. The van der Waals surface area contributed by atoms with Crippen molar-refractivity contribution in [1.82, 2.24) is 0 Å². The Morgan fingerprint density at radius 3 is 2.18 bits per heavy atom. The molecule has 0 aromatic heterocycles. The second-order valence-corrected chi connectivity index (χ2v) is 2.69. The first-order chi connectivity index (χ1) is 4.54. The van der Waals surface area contributed by atoms with Crippen LogP contribution in [-0.2, 0) is 0 Å². The molecule has 1 N–H and O–H groups in total. The van der Waals surface area contributed by atoms with Gasteiger partial charge in [-0.3, -0.25) is 4.99 Å². The van der Waals surface area contributed by atoms with Crippen LogP contribution in [0.1, 0.15) is 34.1 Å². The van der Waals surface area contributed by atoms with Gasteiger partial charge in [0.05, 0.1) is 5.60 Å². The summed E-state index contributed by atoms with van der Waals surface area (Å²) in [7, 11) is 0. The molecular formula is C8H17NOSm. The van der Waals surface area contributed by atoms with Crippen LogP contribution in [0.4, 0.5) is 0 Å². The zero-order valence-corrected chi connectivity index (χ0v) is 10.3. The second kappa shape index (κ2) is 6.48. The maximum Gasteiger partial charge on any atom is 0.0988 e. The van der Waals surface area contributed by atoms with Crippen molar-refractivity contribution in [2.45, 2.75) is 39.7 Å². The van der Waals surface area contributed by atoms with E-state index in [0.29, 0.717) is 0 Å². The van der Waals surface area contributed by atoms with E-state index in [-0.39, 0.29) is 40.4 Å². The zero-order chi connectivity index (χ0) is 8.20. The van der Waals surface area contributed by atoms with Crippen LogP contribution in [0.3, 0.4) is 0 Å². The molecule has 2 nitrogen and oxygen atoms in total. The van der Waals surface area contributed by atoms with Crippen molar-refractivity contribution in [3.8, 4) is 0 Å². The van der Waals surface area contributed by atoms with Gasteiger partial charge in [0.2, 0.25) is 0 Å². The summed E-state index contributed by atoms with van der Waals surface area (Å²) in [5, 5.41) is 9.59. The summed E-state index contributed by atoms with van der Waals surface area (Å²) < 4.78 is 0. The van der Waals surface area contributed by atoms with Crippen LogP contribution in [0, 0.1) is 40.4 Å². The van der Waals surface area contributed by atoms with Crippen molar-refractivity contribution in [3.63, 3.8) is 0 Å². The Bertz CT molecular complexity index is 132. The fourth-order valence-electron chi connectivity index (χ4n) is 0.663. The minimum atomic E-state index is -0.698. The van der Waals surface area contributed by atoms with E-state index in [1.807, 2.05) is 20.8 Å². The van der Waals surface area contributed by atoms with Gasteiger partial charge in [-0.15, -0.1) is 0 Å². The zero-order valence-electron chi connectivity index (χ0n) is 7.72. The van der Waals surface area contributed by atoms with Gasteiger partial charge < -0.3 is 5.11 Å². The molecule has 0 saturated heterocycles. The molecule has 0 fully saturated rings. The third-order valence-electron chi connectivity index (χ3n) is 1.86. The first kappa shape index (κ1) is 14.5. The standard InChI is InChI=1S/C8H17NO.Sm/c1-5-8(4,10)7(3)9-6-2;/h10H,5-6H2,1-4H3;. The minimum absolute atomic E-state index is 0. The van der Waals surface area contributed by atoms with Crippen LogP contribution >= 0.6 is 0 Å². The molecule has 11 heavy (non-hydrogen) atoms. The van der Waals surface area contributed by atoms with Gasteiger partial charge in [0.15, 0.2) is 0 Å². The number of rotatable bonds is 3. The molecule has 0 bridgehead atoms. The Labute approximate surface area is 102 Å². The van der Waals surface area contributed by atoms with Crippen molar-refractivity contribution in [3.05, 3.63) is 0 Å². The fourth-order valence-corrected chi connectivity index (χ4v) is 0.663. The fraction of sp³-hybridized carbons (Fsp3) is 0.875. The van der Waals surface area contributed by atoms with E-state index in [9.17, 15) is 5.11 Å². The van der Waals surface area contributed by atoms with Crippen molar-refractivity contribution >= 4 is 5.71 Å². The topological polar surface area (TPSA) is 32.6 Å². The molecule has 0 rings (SSSR count). The van der Waals surface area contributed by atoms with Gasteiger partial charge in [0, 0.05) is 52.6 Å². The van der Waals surface area contributed by atoms with Crippen LogP contribution in [0.15, 0.2) is 4.99 Å². The van der Waals surface area contributed by atoms with E-state index < -0.39 is 5.60 Å². The van der Waals surface area contributed by atoms with E-state index in [1.54, 1.807) is 6.92 Å². The monoisotopic (exact) mass is 295 g/mol. The minimum Gasteiger partial charge on any atom is -0.384 e. The quantitative estimate of drug-likeness (QED) is 0.788. The predicted octanol–water partition coefficient (Wildman–Crippen LogP) is 1.63. The van der Waals surface area contributed by atoms with Crippen LogP contribution in [0.5, 0.6) is 0 Å². The second-order valence-electron chi connectivity index (χ2n) is 2.69. The summed E-state index contributed by atoms with van der Waals surface area (Å²) in [6.07, 6.45) is 0.725. The van der Waals surface area contributed by atoms with Crippen LogP contribution in [-0.4, -0.2) is 23.0 Å². The summed E-state index contributed by atoms with van der Waals surface area (Å²) >= 11 is 0. The van der Waals surface area contributed by atoms with Gasteiger partial charge in [-0.05, 0) is 27.2 Å². The number of aliphatic imine (C=N–C) groups is 1. The number of aliphatic hydroxyl groups is 1. The maximum atomic E-state index is 9.59. The van der Waals surface area contributed by atoms with Gasteiger partial charge in [-0.25, -0.2) is 0 Å². The van der Waals surface area contributed by atoms with Gasteiger partial charge in [-0.1, -0.05) is 6.92 Å². The first-order valence-corrected chi connectivity index (χ1v) is 3.78. The summed E-state index contributed by atoms with van der Waals surface area (Å²) in [4.78, 5) is 4.13. The largest absolute Gasteiger partial charge is 0.384 e. The van der Waals surface area contributed by atoms with E-state index in [2.05, 4.69) is 4.99 Å². The van der Waals surface area contributed by atoms with E-state index in [1.165, 1.54) is 0 Å². The Morgan fingerprint density at radius 2 is 1.91 bits per heavy atom. The molecule has 66 valence electrons. The maximum absolute atomic E-state index is 9.59. The van der Waals surface area contributed by atoms with Crippen molar-refractivity contribution in [1.29, 1.82) is 0 Å². The summed E-state index contributed by atoms with van der Waals surface area (Å²) in [5.74, 6) is 0. The Balaban J connectivity index is 0. The molecule has 0 radical (unpaired) electrons. The Hall–Kier alpha value is 0.968. The van der Waals surface area contributed by atoms with Crippen LogP contribution in [0.25, 0.3) is 0 Å². The molecule has 3 heteroatoms. The predicted molar refractivity (Wildman–Crippen MR) is 44.6 cm³/mol. The molecule has 0 spiro atoms. The van der Waals surface area contributed by atoms with Crippen molar-refractivity contribution < 1.29 is 45.5 Å². The third-order valence-corrected chi connectivity index (χ3v) is 1.86. The van der Waals surface area contributed by atoms with E-state index in [0.717, 1.165) is 18.7 Å². The smallest absolute Gasteiger partial charge is 0.0988 e. The Kier molecular flexibility index (Phi) is 8.54. The average molecular weight is 294 g/mol. The molecule has 0 saturated carbocycles. The van der Waals surface area contributed by atoms with E-state index >= 15 is 0 Å². The van der Waals surface area contributed by atoms with Gasteiger partial charge in [-0.2, -0.15) is 0 Å². The number of hydrogen-bond donors (Lipinski definition) is 1. The molecule has 0 aliphatic heterocycles. The molecule has 0 heterocycles. The van der Waals surface area contributed by atoms with Crippen LogP contribution in [0.2, 0.25) is 0 Å². The van der Waals surface area contributed by atoms with Gasteiger partial charge in [0.25, 0.3) is 0 Å².